The van der Waals surface area contributed by atoms with Gasteiger partial charge in [-0.2, -0.15) is 0 Å². The van der Waals surface area contributed by atoms with Gasteiger partial charge in [0.15, 0.2) is 0 Å². The minimum atomic E-state index is -0.346. The van der Waals surface area contributed by atoms with E-state index in [4.69, 9.17) is 4.74 Å². The summed E-state index contributed by atoms with van der Waals surface area (Å²) in [4.78, 5) is 11.2. The van der Waals surface area contributed by atoms with Crippen LogP contribution in [0.1, 0.15) is 33.1 Å². The maximum Gasteiger partial charge on any atom is 0.330 e. The minimum absolute atomic E-state index is 0.0828. The zero-order chi connectivity index (χ0) is 14.7. The fraction of sp³-hybridized carbons (Fsp3) is 0.562. The van der Waals surface area contributed by atoms with Crippen LogP contribution < -0.4 is 0 Å². The highest BCUT2D eigenvalue weighted by Gasteiger charge is 2.18. The monoisotopic (exact) mass is 282 g/mol. The summed E-state index contributed by atoms with van der Waals surface area (Å²) in [7, 11) is 0.877. The van der Waals surface area contributed by atoms with Gasteiger partial charge in [0, 0.05) is 6.08 Å². The van der Waals surface area contributed by atoms with E-state index < -0.39 is 0 Å². The zero-order valence-corrected chi connectivity index (χ0v) is 13.4. The predicted octanol–water partition coefficient (Wildman–Crippen LogP) is 4.53. The van der Waals surface area contributed by atoms with E-state index in [2.05, 4.69) is 38.6 Å². The SMILES string of the molecule is C=CC(=O)OC(C)C(C)CC(C=C)CC/C=C/PC. The Balaban J connectivity index is 4.13. The minimum Gasteiger partial charge on any atom is -0.459 e. The lowest BCUT2D eigenvalue weighted by molar-refractivity contribution is -0.144. The predicted molar refractivity (Wildman–Crippen MR) is 85.8 cm³/mol. The molecule has 0 bridgehead atoms. The summed E-state index contributed by atoms with van der Waals surface area (Å²) in [5.74, 6) is 2.67. The normalized spacial score (nSPS) is 16.4. The van der Waals surface area contributed by atoms with Gasteiger partial charge in [-0.15, -0.1) is 15.2 Å². The lowest BCUT2D eigenvalue weighted by Gasteiger charge is -2.23. The standard InChI is InChI=1S/C16H27O2P/c1-6-15(10-8-9-11-19-5)12-13(3)14(4)18-16(17)7-2/h6-7,9,11,13-15,19H,1-2,8,10,12H2,3-5H3/b11-9+. The van der Waals surface area contributed by atoms with Crippen LogP contribution in [0.3, 0.4) is 0 Å². The number of hydrogen-bond acceptors (Lipinski definition) is 2. The number of rotatable bonds is 10. The van der Waals surface area contributed by atoms with Gasteiger partial charge in [-0.3, -0.25) is 0 Å². The van der Waals surface area contributed by atoms with Gasteiger partial charge in [0.25, 0.3) is 0 Å². The molecule has 4 unspecified atom stereocenters. The van der Waals surface area contributed by atoms with Crippen molar-refractivity contribution in [2.45, 2.75) is 39.2 Å². The molecule has 0 fully saturated rings. The zero-order valence-electron chi connectivity index (χ0n) is 12.4. The number of esters is 1. The molecule has 0 aromatic heterocycles. The van der Waals surface area contributed by atoms with Crippen molar-refractivity contribution >= 4 is 14.6 Å². The van der Waals surface area contributed by atoms with Crippen LogP contribution in [0.15, 0.2) is 37.2 Å². The molecular formula is C16H27O2P. The fourth-order valence-corrected chi connectivity index (χ4v) is 2.26. The first-order valence-corrected chi connectivity index (χ1v) is 8.40. The second-order valence-electron chi connectivity index (χ2n) is 4.82. The van der Waals surface area contributed by atoms with E-state index in [0.717, 1.165) is 27.8 Å². The van der Waals surface area contributed by atoms with E-state index in [-0.39, 0.29) is 12.1 Å². The van der Waals surface area contributed by atoms with E-state index >= 15 is 0 Å². The van der Waals surface area contributed by atoms with E-state index in [1.807, 2.05) is 13.0 Å². The topological polar surface area (TPSA) is 26.3 Å². The summed E-state index contributed by atoms with van der Waals surface area (Å²) in [5, 5.41) is 0. The Kier molecular flexibility index (Phi) is 10.5. The van der Waals surface area contributed by atoms with Gasteiger partial charge in [0.05, 0.1) is 0 Å². The van der Waals surface area contributed by atoms with E-state index in [1.165, 1.54) is 6.08 Å². The Labute approximate surface area is 119 Å². The van der Waals surface area contributed by atoms with Gasteiger partial charge >= 0.3 is 5.97 Å². The molecule has 0 spiro atoms. The second kappa shape index (κ2) is 11.0. The molecule has 19 heavy (non-hydrogen) atoms. The van der Waals surface area contributed by atoms with Crippen molar-refractivity contribution in [1.29, 1.82) is 0 Å². The molecule has 0 aromatic carbocycles. The molecule has 0 radical (unpaired) electrons. The van der Waals surface area contributed by atoms with Crippen LogP contribution >= 0.6 is 8.58 Å². The van der Waals surface area contributed by atoms with Crippen molar-refractivity contribution in [3.05, 3.63) is 37.2 Å². The Morgan fingerprint density at radius 1 is 1.37 bits per heavy atom. The van der Waals surface area contributed by atoms with Crippen LogP contribution in [0.4, 0.5) is 0 Å². The van der Waals surface area contributed by atoms with Crippen molar-refractivity contribution in [2.75, 3.05) is 6.66 Å². The molecule has 0 rings (SSSR count). The largest absolute Gasteiger partial charge is 0.459 e. The lowest BCUT2D eigenvalue weighted by atomic mass is 9.89. The van der Waals surface area contributed by atoms with Gasteiger partial charge in [-0.1, -0.05) is 31.5 Å². The highest BCUT2D eigenvalue weighted by molar-refractivity contribution is 7.40. The maximum absolute atomic E-state index is 11.2. The first kappa shape index (κ1) is 18.1. The fourth-order valence-electron chi connectivity index (χ4n) is 1.86. The van der Waals surface area contributed by atoms with Crippen molar-refractivity contribution in [2.24, 2.45) is 11.8 Å². The number of carbonyl (C=O) groups is 1. The molecule has 0 aromatic rings. The van der Waals surface area contributed by atoms with Crippen LogP contribution in [-0.4, -0.2) is 18.7 Å². The lowest BCUT2D eigenvalue weighted by Crippen LogP contribution is -2.23. The highest BCUT2D eigenvalue weighted by Crippen LogP contribution is 2.23. The van der Waals surface area contributed by atoms with E-state index in [9.17, 15) is 4.79 Å². The third-order valence-electron chi connectivity index (χ3n) is 3.27. The summed E-state index contributed by atoms with van der Waals surface area (Å²) >= 11 is 0. The second-order valence-corrected chi connectivity index (χ2v) is 5.73. The van der Waals surface area contributed by atoms with E-state index in [0.29, 0.717) is 11.8 Å². The van der Waals surface area contributed by atoms with Gasteiger partial charge < -0.3 is 4.74 Å². The molecular weight excluding hydrogens is 255 g/mol. The quantitative estimate of drug-likeness (QED) is 0.254. The van der Waals surface area contributed by atoms with E-state index in [1.54, 1.807) is 0 Å². The van der Waals surface area contributed by atoms with Gasteiger partial charge in [-0.05, 0) is 44.7 Å². The summed E-state index contributed by atoms with van der Waals surface area (Å²) in [6, 6.07) is 0. The van der Waals surface area contributed by atoms with Crippen molar-refractivity contribution < 1.29 is 9.53 Å². The molecule has 108 valence electrons. The van der Waals surface area contributed by atoms with Gasteiger partial charge in [-0.25, -0.2) is 4.79 Å². The Hall–Kier alpha value is -0.880. The molecule has 0 aliphatic carbocycles. The van der Waals surface area contributed by atoms with Crippen LogP contribution in [0.2, 0.25) is 0 Å². The van der Waals surface area contributed by atoms with Crippen molar-refractivity contribution in [3.8, 4) is 0 Å². The third kappa shape index (κ3) is 8.77. The molecule has 0 heterocycles. The summed E-state index contributed by atoms with van der Waals surface area (Å²) in [6.07, 6.45) is 8.58. The number of ether oxygens (including phenoxy) is 1. The molecule has 0 aliphatic rings. The highest BCUT2D eigenvalue weighted by atomic mass is 31.1. The summed E-state index contributed by atoms with van der Waals surface area (Å²) < 4.78 is 5.25. The van der Waals surface area contributed by atoms with Gasteiger partial charge in [0.1, 0.15) is 6.10 Å². The van der Waals surface area contributed by atoms with Crippen molar-refractivity contribution in [1.82, 2.24) is 0 Å². The Bertz CT molecular complexity index is 310. The molecule has 0 aliphatic heterocycles. The van der Waals surface area contributed by atoms with Crippen LogP contribution in [-0.2, 0) is 9.53 Å². The van der Waals surface area contributed by atoms with Crippen LogP contribution in [0, 0.1) is 11.8 Å². The molecule has 4 atom stereocenters. The Morgan fingerprint density at radius 3 is 2.58 bits per heavy atom. The van der Waals surface area contributed by atoms with Crippen LogP contribution in [0.25, 0.3) is 0 Å². The molecule has 0 saturated heterocycles. The van der Waals surface area contributed by atoms with Gasteiger partial charge in [0.2, 0.25) is 0 Å². The Morgan fingerprint density at radius 2 is 2.05 bits per heavy atom. The average molecular weight is 282 g/mol. The number of carbonyl (C=O) groups excluding carboxylic acids is 1. The maximum atomic E-state index is 11.2. The first-order valence-electron chi connectivity index (χ1n) is 6.83. The first-order chi connectivity index (χ1) is 9.04. The number of allylic oxidation sites excluding steroid dienone is 2. The van der Waals surface area contributed by atoms with Crippen LogP contribution in [0.5, 0.6) is 0 Å². The molecule has 2 nitrogen and oxygen atoms in total. The average Bonchev–Trinajstić information content (AvgIpc) is 2.41. The third-order valence-corrected chi connectivity index (χ3v) is 3.84. The smallest absolute Gasteiger partial charge is 0.330 e. The molecule has 0 saturated carbocycles. The molecule has 0 amide bonds. The van der Waals surface area contributed by atoms with Crippen molar-refractivity contribution in [3.63, 3.8) is 0 Å². The molecule has 3 heteroatoms. The summed E-state index contributed by atoms with van der Waals surface area (Å²) in [5.41, 5.74) is 0. The summed E-state index contributed by atoms with van der Waals surface area (Å²) in [6.45, 7) is 13.5. The number of hydrogen-bond donors (Lipinski definition) is 0. The molecule has 0 N–H and O–H groups in total.